The molecule has 2 aromatic carbocycles. The maximum absolute atomic E-state index is 14.9. The molecule has 1 atom stereocenters. The van der Waals surface area contributed by atoms with E-state index in [-0.39, 0.29) is 18.1 Å². The van der Waals surface area contributed by atoms with Crippen molar-refractivity contribution in [1.82, 2.24) is 10.1 Å². The Balaban J connectivity index is 1.90. The van der Waals surface area contributed by atoms with Crippen LogP contribution in [0.3, 0.4) is 0 Å². The zero-order chi connectivity index (χ0) is 27.3. The Morgan fingerprint density at radius 2 is 1.78 bits per heavy atom. The Kier molecular flexibility index (Phi) is 8.74. The Labute approximate surface area is 213 Å². The van der Waals surface area contributed by atoms with Gasteiger partial charge in [0.05, 0.1) is 18.4 Å². The molecule has 0 fully saturated rings. The highest BCUT2D eigenvalue weighted by Crippen LogP contribution is 2.45. The van der Waals surface area contributed by atoms with Crippen LogP contribution in [0.5, 0.6) is 5.75 Å². The maximum atomic E-state index is 14.9. The minimum atomic E-state index is -2.50. The van der Waals surface area contributed by atoms with Gasteiger partial charge in [0, 0.05) is 13.5 Å². The fourth-order valence-corrected chi connectivity index (χ4v) is 4.36. The standard InChI is InChI=1S/C25H28F3N3O5S/c1-31(25(34)20-14-22(32)30-36-20)23(15-5-7-16(8-6-15)35-12-11-21(27)28)24(33)29-19-10-9-17(13-18(19)26)37(2,3)4/h5-10,13-14,21,23H,11-12H2,1-4H3,(H,29,33)(H,30,32). The molecule has 3 aromatic rings. The van der Waals surface area contributed by atoms with E-state index in [0.29, 0.717) is 11.3 Å². The Morgan fingerprint density at radius 3 is 2.32 bits per heavy atom. The molecule has 0 saturated heterocycles. The largest absolute Gasteiger partial charge is 0.493 e. The first kappa shape index (κ1) is 27.9. The number of rotatable bonds is 10. The summed E-state index contributed by atoms with van der Waals surface area (Å²) in [6, 6.07) is 10.2. The predicted molar refractivity (Wildman–Crippen MR) is 135 cm³/mol. The molecule has 1 aromatic heterocycles. The molecule has 2 amide bonds. The summed E-state index contributed by atoms with van der Waals surface area (Å²) < 4.78 is 49.8. The number of ether oxygens (including phenoxy) is 1. The van der Waals surface area contributed by atoms with Gasteiger partial charge >= 0.3 is 0 Å². The highest BCUT2D eigenvalue weighted by atomic mass is 32.3. The lowest BCUT2D eigenvalue weighted by molar-refractivity contribution is -0.120. The van der Waals surface area contributed by atoms with Crippen molar-refractivity contribution in [2.45, 2.75) is 23.8 Å². The van der Waals surface area contributed by atoms with Gasteiger partial charge < -0.3 is 19.5 Å². The van der Waals surface area contributed by atoms with E-state index in [1.54, 1.807) is 6.07 Å². The minimum absolute atomic E-state index is 0.0663. The van der Waals surface area contributed by atoms with E-state index < -0.39 is 52.1 Å². The van der Waals surface area contributed by atoms with Crippen molar-refractivity contribution < 1.29 is 32.0 Å². The quantitative estimate of drug-likeness (QED) is 0.391. The number of H-pyrrole nitrogens is 1. The fourth-order valence-electron chi connectivity index (χ4n) is 3.42. The number of hydrogen-bond donors (Lipinski definition) is 2. The SMILES string of the molecule is CN(C(=O)c1cc(=O)[nH]o1)C(C(=O)Nc1ccc(S(C)(C)C)cc1F)c1ccc(OCCC(F)F)cc1. The van der Waals surface area contributed by atoms with Crippen molar-refractivity contribution in [3.63, 3.8) is 0 Å². The first-order chi connectivity index (χ1) is 17.4. The summed E-state index contributed by atoms with van der Waals surface area (Å²) in [5, 5.41) is 4.54. The van der Waals surface area contributed by atoms with Crippen molar-refractivity contribution in [3.05, 3.63) is 76.0 Å². The van der Waals surface area contributed by atoms with Crippen LogP contribution in [0.2, 0.25) is 0 Å². The molecule has 37 heavy (non-hydrogen) atoms. The number of nitrogens with zero attached hydrogens (tertiary/aromatic N) is 1. The number of carbonyl (C=O) groups is 2. The highest BCUT2D eigenvalue weighted by Gasteiger charge is 2.31. The van der Waals surface area contributed by atoms with Crippen molar-refractivity contribution in [2.24, 2.45) is 0 Å². The molecule has 0 bridgehead atoms. The Hall–Kier alpha value is -3.67. The number of hydrogen-bond acceptors (Lipinski definition) is 5. The van der Waals surface area contributed by atoms with Gasteiger partial charge in [0.15, 0.2) is 0 Å². The van der Waals surface area contributed by atoms with Gasteiger partial charge in [-0.2, -0.15) is 5.16 Å². The normalized spacial score (nSPS) is 12.8. The van der Waals surface area contributed by atoms with Crippen LogP contribution in [0.15, 0.2) is 62.7 Å². The minimum Gasteiger partial charge on any atom is -0.493 e. The highest BCUT2D eigenvalue weighted by molar-refractivity contribution is 8.32. The van der Waals surface area contributed by atoms with Gasteiger partial charge in [-0.3, -0.25) is 14.4 Å². The van der Waals surface area contributed by atoms with Gasteiger partial charge in [-0.15, -0.1) is 0 Å². The van der Waals surface area contributed by atoms with E-state index in [1.165, 1.54) is 43.4 Å². The van der Waals surface area contributed by atoms with Crippen molar-refractivity contribution in [2.75, 3.05) is 37.7 Å². The van der Waals surface area contributed by atoms with E-state index in [0.717, 1.165) is 15.9 Å². The number of halogens is 3. The predicted octanol–water partition coefficient (Wildman–Crippen LogP) is 4.65. The summed E-state index contributed by atoms with van der Waals surface area (Å²) in [7, 11) is 0.132. The number of nitrogens with one attached hydrogen (secondary N) is 2. The number of amides is 2. The molecule has 0 saturated carbocycles. The molecule has 12 heteroatoms. The van der Waals surface area contributed by atoms with Crippen LogP contribution >= 0.6 is 10.0 Å². The van der Waals surface area contributed by atoms with Crippen LogP contribution in [0, 0.1) is 5.82 Å². The first-order valence-corrected chi connectivity index (χ1v) is 14.0. The van der Waals surface area contributed by atoms with Gasteiger partial charge in [0.25, 0.3) is 17.4 Å². The molecule has 1 unspecified atom stereocenters. The van der Waals surface area contributed by atoms with Crippen LogP contribution in [0.1, 0.15) is 28.6 Å². The number of likely N-dealkylation sites (N-methyl/N-ethyl adjacent to an activating group) is 1. The lowest BCUT2D eigenvalue weighted by atomic mass is 10.0. The fraction of sp³-hybridized carbons (Fsp3) is 0.320. The van der Waals surface area contributed by atoms with E-state index in [1.807, 2.05) is 23.9 Å². The maximum Gasteiger partial charge on any atom is 0.293 e. The number of anilines is 1. The zero-order valence-electron chi connectivity index (χ0n) is 20.7. The zero-order valence-corrected chi connectivity index (χ0v) is 21.5. The average Bonchev–Trinajstić information content (AvgIpc) is 3.26. The number of aromatic amines is 1. The first-order valence-electron chi connectivity index (χ1n) is 11.1. The number of benzene rings is 2. The molecule has 0 aliphatic heterocycles. The number of aromatic nitrogens is 1. The molecule has 200 valence electrons. The third-order valence-electron chi connectivity index (χ3n) is 5.40. The van der Waals surface area contributed by atoms with Gasteiger partial charge in [0.1, 0.15) is 17.6 Å². The van der Waals surface area contributed by atoms with E-state index in [9.17, 15) is 27.6 Å². The molecular weight excluding hydrogens is 511 g/mol. The molecule has 0 aliphatic rings. The molecule has 3 rings (SSSR count). The van der Waals surface area contributed by atoms with E-state index in [2.05, 4.69) is 5.32 Å². The Bertz CT molecular complexity index is 1300. The van der Waals surface area contributed by atoms with Gasteiger partial charge in [0.2, 0.25) is 12.2 Å². The summed E-state index contributed by atoms with van der Waals surface area (Å²) in [5.74, 6) is -2.15. The van der Waals surface area contributed by atoms with Crippen LogP contribution in [0.4, 0.5) is 18.9 Å². The monoisotopic (exact) mass is 539 g/mol. The van der Waals surface area contributed by atoms with Crippen LogP contribution in [-0.4, -0.2) is 60.7 Å². The molecule has 1 heterocycles. The third-order valence-corrected chi connectivity index (χ3v) is 7.06. The van der Waals surface area contributed by atoms with Crippen molar-refractivity contribution >= 4 is 27.5 Å². The second-order valence-electron chi connectivity index (χ2n) is 8.96. The third kappa shape index (κ3) is 7.19. The summed E-state index contributed by atoms with van der Waals surface area (Å²) in [6.07, 6.45) is 3.09. The average molecular weight is 540 g/mol. The summed E-state index contributed by atoms with van der Waals surface area (Å²) in [4.78, 5) is 39.6. The second kappa shape index (κ2) is 11.6. The van der Waals surface area contributed by atoms with Gasteiger partial charge in [-0.1, -0.05) is 12.1 Å². The number of alkyl halides is 2. The van der Waals surface area contributed by atoms with Crippen molar-refractivity contribution in [1.29, 1.82) is 0 Å². The van der Waals surface area contributed by atoms with E-state index >= 15 is 0 Å². The van der Waals surface area contributed by atoms with Crippen LogP contribution < -0.4 is 15.6 Å². The lowest BCUT2D eigenvalue weighted by Gasteiger charge is -2.28. The smallest absolute Gasteiger partial charge is 0.293 e. The van der Waals surface area contributed by atoms with Crippen molar-refractivity contribution in [3.8, 4) is 5.75 Å². The summed E-state index contributed by atoms with van der Waals surface area (Å²) >= 11 is 0. The summed E-state index contributed by atoms with van der Waals surface area (Å²) in [5.41, 5.74) is -0.377. The second-order valence-corrected chi connectivity index (χ2v) is 13.1. The molecule has 0 aliphatic carbocycles. The summed E-state index contributed by atoms with van der Waals surface area (Å²) in [6.45, 7) is -0.197. The number of carbonyl (C=O) groups excluding carboxylic acids is 2. The van der Waals surface area contributed by atoms with Crippen LogP contribution in [-0.2, 0) is 4.79 Å². The Morgan fingerprint density at radius 1 is 1.11 bits per heavy atom. The molecule has 8 nitrogen and oxygen atoms in total. The van der Waals surface area contributed by atoms with Gasteiger partial charge in [-0.05, 0) is 59.6 Å². The molecule has 2 N–H and O–H groups in total. The molecule has 0 radical (unpaired) electrons. The molecule has 0 spiro atoms. The lowest BCUT2D eigenvalue weighted by Crippen LogP contribution is -2.38. The van der Waals surface area contributed by atoms with Crippen LogP contribution in [0.25, 0.3) is 0 Å². The molecular formula is C25H28F3N3O5S. The topological polar surface area (TPSA) is 105 Å². The van der Waals surface area contributed by atoms with E-state index in [4.69, 9.17) is 9.26 Å². The van der Waals surface area contributed by atoms with Gasteiger partial charge in [-0.25, -0.2) is 23.2 Å².